The summed E-state index contributed by atoms with van der Waals surface area (Å²) >= 11 is 8.15. The number of hydrogen-bond donors (Lipinski definition) is 22. The van der Waals surface area contributed by atoms with Crippen LogP contribution in [0.15, 0.2) is 121 Å². The Kier molecular flexibility index (Phi) is 37.6. The number of aromatic nitrogens is 1. The first-order valence-electron chi connectivity index (χ1n) is 35.5. The summed E-state index contributed by atoms with van der Waals surface area (Å²) in [7, 11) is 0. The molecule has 5 aromatic rings. The van der Waals surface area contributed by atoms with Crippen molar-refractivity contribution in [3.63, 3.8) is 0 Å². The van der Waals surface area contributed by atoms with E-state index in [2.05, 4.69) is 94.0 Å². The van der Waals surface area contributed by atoms with Gasteiger partial charge in [-0.3, -0.25) is 62.3 Å². The summed E-state index contributed by atoms with van der Waals surface area (Å²) in [5.74, 6) is -14.7. The molecule has 0 aliphatic carbocycles. The van der Waals surface area contributed by atoms with Crippen molar-refractivity contribution in [1.29, 1.82) is 0 Å². The number of unbranched alkanes of at least 4 members (excludes halogenated alkanes) is 2. The summed E-state index contributed by atoms with van der Waals surface area (Å²) in [4.78, 5) is 197. The van der Waals surface area contributed by atoms with Gasteiger partial charge in [0.05, 0.1) is 31.2 Å². The molecule has 13 amide bonds. The van der Waals surface area contributed by atoms with Crippen LogP contribution in [0.5, 0.6) is 0 Å². The lowest BCUT2D eigenvalue weighted by atomic mass is 10.00. The second-order valence-corrected chi connectivity index (χ2v) is 26.9. The molecule has 0 bridgehead atoms. The van der Waals surface area contributed by atoms with E-state index in [9.17, 15) is 68.1 Å². The Morgan fingerprint density at radius 1 is 0.413 bits per heavy atom. The number of aliphatic hydroxyl groups excluding tert-OH is 2. The SMILES string of the molecule is C[C@H](N)C(=O)NCC(=O)N[C@@H](CS)C(=O)N[C@@H](CCCCN)C(=O)N[C@@H](CC(N)=O)C(=O)N[C@@H](Cc1ccccc1)C(=O)N[C@@H](Cc1ccccc1)C(=O)N[C@@H](Cc1c[nH]c2ccccc12)C(=O)N[C@@H](CCCCN)C(=O)N[C@H](C(=O)N[C@@H](Cc1ccccc1)C(=O)N[C@H](C(=O)N[C@@H](CS)C(=O)O)[C@@H](C)O)[C@@H](C)O. The van der Waals surface area contributed by atoms with Crippen molar-refractivity contribution in [2.24, 2.45) is 22.9 Å². The molecule has 0 fully saturated rings. The van der Waals surface area contributed by atoms with Gasteiger partial charge in [-0.05, 0) is 101 Å². The number of carbonyl (C=O) groups is 14. The number of aliphatic carboxylic acids is 1. The average Bonchev–Trinajstić information content (AvgIpc) is 1.76. The van der Waals surface area contributed by atoms with E-state index in [1.54, 1.807) is 121 Å². The highest BCUT2D eigenvalue weighted by atomic mass is 32.1. The number of carbonyl (C=O) groups excluding carboxylic acids is 13. The summed E-state index contributed by atoms with van der Waals surface area (Å²) in [5, 5.41) is 62.2. The number of para-hydroxylation sites is 1. The molecule has 4 aromatic carbocycles. The Labute approximate surface area is 641 Å². The van der Waals surface area contributed by atoms with Crippen LogP contribution >= 0.6 is 25.3 Å². The highest BCUT2D eigenvalue weighted by molar-refractivity contribution is 7.80. The molecule has 1 aromatic heterocycles. The van der Waals surface area contributed by atoms with E-state index < -0.39 is 180 Å². The number of carboxylic acids is 1. The van der Waals surface area contributed by atoms with Crippen LogP contribution in [-0.2, 0) is 92.8 Å². The van der Waals surface area contributed by atoms with Gasteiger partial charge >= 0.3 is 5.97 Å². The second-order valence-electron chi connectivity index (χ2n) is 26.1. The average molecular weight is 1550 g/mol. The molecule has 592 valence electrons. The molecule has 14 atom stereocenters. The zero-order valence-corrected chi connectivity index (χ0v) is 62.5. The number of amides is 13. The zero-order valence-electron chi connectivity index (χ0n) is 60.7. The van der Waals surface area contributed by atoms with Gasteiger partial charge in [-0.15, -0.1) is 0 Å². The molecule has 0 aliphatic heterocycles. The van der Waals surface area contributed by atoms with Crippen LogP contribution in [0.2, 0.25) is 0 Å². The van der Waals surface area contributed by atoms with Crippen molar-refractivity contribution in [2.75, 3.05) is 31.1 Å². The number of rotatable bonds is 47. The van der Waals surface area contributed by atoms with Crippen molar-refractivity contribution in [3.8, 4) is 0 Å². The molecule has 0 radical (unpaired) electrons. The lowest BCUT2D eigenvalue weighted by Gasteiger charge is -2.29. The summed E-state index contributed by atoms with van der Waals surface area (Å²) in [5.41, 5.74) is 25.5. The van der Waals surface area contributed by atoms with Gasteiger partial charge in [0.2, 0.25) is 76.8 Å². The Morgan fingerprint density at radius 2 is 0.761 bits per heavy atom. The smallest absolute Gasteiger partial charge is 0.327 e. The molecule has 109 heavy (non-hydrogen) atoms. The third-order valence-electron chi connectivity index (χ3n) is 17.3. The molecule has 0 saturated heterocycles. The first-order chi connectivity index (χ1) is 52.0. The predicted molar refractivity (Wildman–Crippen MR) is 409 cm³/mol. The van der Waals surface area contributed by atoms with Crippen molar-refractivity contribution in [2.45, 2.75) is 176 Å². The van der Waals surface area contributed by atoms with Crippen LogP contribution in [0.1, 0.15) is 88.0 Å². The normalized spacial score (nSPS) is 15.0. The summed E-state index contributed by atoms with van der Waals surface area (Å²) in [6, 6.07) is 13.4. The quantitative estimate of drug-likeness (QED) is 0.0131. The third-order valence-corrected chi connectivity index (χ3v) is 18.0. The van der Waals surface area contributed by atoms with Crippen molar-refractivity contribution in [3.05, 3.63) is 144 Å². The monoisotopic (exact) mass is 1550 g/mol. The Morgan fingerprint density at radius 3 is 1.17 bits per heavy atom. The Hall–Kier alpha value is -10.5. The molecule has 5 rings (SSSR count). The number of thiol groups is 2. The number of aliphatic hydroxyl groups is 2. The largest absolute Gasteiger partial charge is 0.480 e. The maximum Gasteiger partial charge on any atom is 0.327 e. The van der Waals surface area contributed by atoms with Crippen LogP contribution in [-0.4, -0.2) is 219 Å². The maximum atomic E-state index is 15.3. The van der Waals surface area contributed by atoms with Gasteiger partial charge < -0.3 is 107 Å². The van der Waals surface area contributed by atoms with Gasteiger partial charge in [0.1, 0.15) is 66.5 Å². The van der Waals surface area contributed by atoms with Crippen LogP contribution in [0, 0.1) is 0 Å². The number of nitrogens with one attached hydrogen (secondary N) is 13. The van der Waals surface area contributed by atoms with Gasteiger partial charge in [0.15, 0.2) is 0 Å². The lowest BCUT2D eigenvalue weighted by molar-refractivity contribution is -0.142. The highest BCUT2D eigenvalue weighted by Crippen LogP contribution is 2.21. The maximum absolute atomic E-state index is 15.3. The number of carboxylic acid groups (broad SMARTS) is 1. The first-order valence-corrected chi connectivity index (χ1v) is 36.8. The molecule has 0 spiro atoms. The molecule has 1 heterocycles. The molecule has 34 nitrogen and oxygen atoms in total. The molecule has 0 unspecified atom stereocenters. The van der Waals surface area contributed by atoms with Crippen molar-refractivity contribution >= 4 is 119 Å². The predicted octanol–water partition coefficient (Wildman–Crippen LogP) is -3.93. The van der Waals surface area contributed by atoms with E-state index in [0.717, 1.165) is 6.92 Å². The standard InChI is InChI=1S/C73H101N17O17S2/c1-40(76)62(95)79-37-59(94)80-56(38-108)70(103)82-49(27-15-17-29-74)63(96)86-55(35-58(77)93)68(101)84-51(31-43-19-7-4-8-20-43)65(98)83-52(32-44-21-9-5-10-22-44)66(99)85-54(34-46-36-78-48-26-14-13-25-47(46)48)67(100)81-50(28-16-18-30-75)64(97)89-60(41(2)91)71(104)87-53(33-45-23-11-6-12-24-45)69(102)90-61(42(3)92)72(105)88-57(39-109)73(106)107/h4-14,19-26,36,40-42,49-57,60-61,78,91-92,108-109H,15-18,27-35,37-39,74-76H2,1-3H3,(H2,77,93)(H,79,95)(H,80,94)(H,81,100)(H,82,103)(H,83,98)(H,84,101)(H,85,99)(H,86,96)(H,87,104)(H,88,105)(H,89,97)(H,90,102)(H,106,107)/t40-,41+,42+,49-,50-,51-,52-,53-,54-,55-,56-,57-,60-,61-/m0/s1. The van der Waals surface area contributed by atoms with E-state index in [4.69, 9.17) is 22.9 Å². The molecule has 0 saturated carbocycles. The van der Waals surface area contributed by atoms with Gasteiger partial charge in [0, 0.05) is 54.3 Å². The third kappa shape index (κ3) is 29.9. The number of primary amides is 1. The van der Waals surface area contributed by atoms with E-state index in [0.29, 0.717) is 46.0 Å². The lowest BCUT2D eigenvalue weighted by Crippen LogP contribution is -2.63. The molecular formula is C73H101N17O17S2. The van der Waals surface area contributed by atoms with E-state index in [1.807, 2.05) is 0 Å². The number of H-pyrrole nitrogens is 1. The summed E-state index contributed by atoms with van der Waals surface area (Å²) in [6.45, 7) is 3.52. The Balaban J connectivity index is 1.48. The molecule has 24 N–H and O–H groups in total. The van der Waals surface area contributed by atoms with Crippen LogP contribution in [0.3, 0.4) is 0 Å². The molecule has 0 aliphatic rings. The number of hydrogen-bond acceptors (Lipinski definition) is 21. The van der Waals surface area contributed by atoms with Crippen LogP contribution in [0.25, 0.3) is 10.9 Å². The summed E-state index contributed by atoms with van der Waals surface area (Å²) in [6.07, 6.45) is -2.59. The van der Waals surface area contributed by atoms with Crippen molar-refractivity contribution < 1.29 is 82.4 Å². The fourth-order valence-electron chi connectivity index (χ4n) is 11.3. The number of aromatic amines is 1. The first kappa shape index (κ1) is 89.1. The van der Waals surface area contributed by atoms with E-state index in [1.165, 1.54) is 13.8 Å². The fourth-order valence-corrected chi connectivity index (χ4v) is 11.8. The van der Waals surface area contributed by atoms with E-state index >= 15 is 14.4 Å². The van der Waals surface area contributed by atoms with Gasteiger partial charge in [-0.2, -0.15) is 25.3 Å². The Bertz CT molecular complexity index is 3880. The summed E-state index contributed by atoms with van der Waals surface area (Å²) < 4.78 is 0. The highest BCUT2D eigenvalue weighted by Gasteiger charge is 2.39. The second kappa shape index (κ2) is 46.0. The number of benzene rings is 4. The fraction of sp³-hybridized carbons (Fsp3) is 0.452. The van der Waals surface area contributed by atoms with E-state index in [-0.39, 0.29) is 76.0 Å². The topological polar surface area (TPSA) is 564 Å². The minimum absolute atomic E-state index is 0.0678. The van der Waals surface area contributed by atoms with Crippen LogP contribution < -0.4 is 86.7 Å². The minimum atomic E-state index is -1.86. The number of fused-ring (bicyclic) bond motifs is 1. The van der Waals surface area contributed by atoms with Gasteiger partial charge in [0.25, 0.3) is 0 Å². The van der Waals surface area contributed by atoms with Gasteiger partial charge in [-0.25, -0.2) is 4.79 Å². The zero-order chi connectivity index (χ0) is 80.3. The molecule has 36 heteroatoms. The molecular weight excluding hydrogens is 1450 g/mol. The van der Waals surface area contributed by atoms with Crippen LogP contribution in [0.4, 0.5) is 0 Å². The van der Waals surface area contributed by atoms with Gasteiger partial charge in [-0.1, -0.05) is 109 Å². The van der Waals surface area contributed by atoms with Crippen molar-refractivity contribution in [1.82, 2.24) is 68.8 Å². The minimum Gasteiger partial charge on any atom is -0.480 e. The number of nitrogens with two attached hydrogens (primary N) is 4.